The molecule has 0 radical (unpaired) electrons. The maximum absolute atomic E-state index is 9.34. The summed E-state index contributed by atoms with van der Waals surface area (Å²) in [5.41, 5.74) is 4.77. The van der Waals surface area contributed by atoms with Crippen LogP contribution >= 0.6 is 0 Å². The molecule has 0 atom stereocenters. The lowest BCUT2D eigenvalue weighted by Crippen LogP contribution is -2.32. The van der Waals surface area contributed by atoms with E-state index in [1.807, 2.05) is 42.5 Å². The molecule has 6 nitrogen and oxygen atoms in total. The number of piperidine rings is 1. The average molecular weight is 422 g/mol. The third-order valence-corrected chi connectivity index (χ3v) is 5.99. The van der Waals surface area contributed by atoms with Gasteiger partial charge in [0.05, 0.1) is 11.6 Å². The van der Waals surface area contributed by atoms with Gasteiger partial charge in [0.25, 0.3) is 0 Å². The minimum Gasteiger partial charge on any atom is -0.339 e. The zero-order valence-electron chi connectivity index (χ0n) is 17.7. The van der Waals surface area contributed by atoms with E-state index in [0.717, 1.165) is 49.3 Å². The Labute approximate surface area is 187 Å². The summed E-state index contributed by atoms with van der Waals surface area (Å²) < 4.78 is 5.54. The Morgan fingerprint density at radius 2 is 1.75 bits per heavy atom. The number of hydrogen-bond acceptors (Lipinski definition) is 6. The van der Waals surface area contributed by atoms with Gasteiger partial charge in [0.15, 0.2) is 0 Å². The van der Waals surface area contributed by atoms with Gasteiger partial charge in [-0.05, 0) is 60.8 Å². The number of benzene rings is 2. The van der Waals surface area contributed by atoms with Crippen LogP contribution in [0.1, 0.15) is 35.8 Å². The Morgan fingerprint density at radius 1 is 0.969 bits per heavy atom. The van der Waals surface area contributed by atoms with Crippen molar-refractivity contribution < 1.29 is 4.52 Å². The van der Waals surface area contributed by atoms with Crippen molar-refractivity contribution in [1.82, 2.24) is 20.0 Å². The highest BCUT2D eigenvalue weighted by Gasteiger charge is 2.25. The van der Waals surface area contributed by atoms with Crippen LogP contribution in [0.25, 0.3) is 22.6 Å². The van der Waals surface area contributed by atoms with E-state index in [9.17, 15) is 5.26 Å². The Balaban J connectivity index is 1.19. The first-order valence-electron chi connectivity index (χ1n) is 10.9. The minimum absolute atomic E-state index is 0.293. The first-order chi connectivity index (χ1) is 15.8. The Morgan fingerprint density at radius 3 is 2.50 bits per heavy atom. The summed E-state index contributed by atoms with van der Waals surface area (Å²) in [6.45, 7) is 2.89. The van der Waals surface area contributed by atoms with Gasteiger partial charge in [0.2, 0.25) is 11.7 Å². The van der Waals surface area contributed by atoms with E-state index < -0.39 is 0 Å². The Bertz CT molecular complexity index is 1220. The normalized spacial score (nSPS) is 14.8. The molecule has 2 aromatic carbocycles. The zero-order valence-corrected chi connectivity index (χ0v) is 17.7. The summed E-state index contributed by atoms with van der Waals surface area (Å²) in [5, 5.41) is 13.5. The van der Waals surface area contributed by atoms with Crippen molar-refractivity contribution >= 4 is 0 Å². The van der Waals surface area contributed by atoms with Gasteiger partial charge < -0.3 is 4.52 Å². The topological polar surface area (TPSA) is 78.8 Å². The largest absolute Gasteiger partial charge is 0.339 e. The van der Waals surface area contributed by atoms with Crippen LogP contribution in [0, 0.1) is 11.3 Å². The van der Waals surface area contributed by atoms with E-state index >= 15 is 0 Å². The van der Waals surface area contributed by atoms with Gasteiger partial charge in [-0.25, -0.2) is 0 Å². The van der Waals surface area contributed by atoms with Crippen molar-refractivity contribution in [2.75, 3.05) is 13.1 Å². The number of likely N-dealkylation sites (tertiary alicyclic amines) is 1. The van der Waals surface area contributed by atoms with Crippen LogP contribution in [0.5, 0.6) is 0 Å². The average Bonchev–Trinajstić information content (AvgIpc) is 3.36. The van der Waals surface area contributed by atoms with Crippen molar-refractivity contribution in [1.29, 1.82) is 5.26 Å². The summed E-state index contributed by atoms with van der Waals surface area (Å²) in [4.78, 5) is 11.3. The summed E-state index contributed by atoms with van der Waals surface area (Å²) in [6.07, 6.45) is 3.73. The molecule has 0 bridgehead atoms. The van der Waals surface area contributed by atoms with E-state index in [0.29, 0.717) is 23.2 Å². The molecular weight excluding hydrogens is 398 g/mol. The second-order valence-electron chi connectivity index (χ2n) is 8.08. The van der Waals surface area contributed by atoms with Crippen LogP contribution in [0.4, 0.5) is 0 Å². The van der Waals surface area contributed by atoms with E-state index in [2.05, 4.69) is 50.4 Å². The molecule has 6 heteroatoms. The number of rotatable bonds is 5. The first-order valence-corrected chi connectivity index (χ1v) is 10.9. The monoisotopic (exact) mass is 421 g/mol. The predicted octanol–water partition coefficient (Wildman–Crippen LogP) is 5.05. The first kappa shape index (κ1) is 20.1. The highest BCUT2D eigenvalue weighted by atomic mass is 16.5. The van der Waals surface area contributed by atoms with Crippen LogP contribution in [0.2, 0.25) is 0 Å². The third-order valence-electron chi connectivity index (χ3n) is 5.99. The predicted molar refractivity (Wildman–Crippen MR) is 121 cm³/mol. The molecule has 5 rings (SSSR count). The summed E-state index contributed by atoms with van der Waals surface area (Å²) in [6, 6.07) is 24.2. The van der Waals surface area contributed by atoms with Gasteiger partial charge in [-0.2, -0.15) is 10.2 Å². The van der Waals surface area contributed by atoms with Gasteiger partial charge in [-0.1, -0.05) is 53.7 Å². The molecule has 0 saturated carbocycles. The summed E-state index contributed by atoms with van der Waals surface area (Å²) >= 11 is 0. The lowest BCUT2D eigenvalue weighted by molar-refractivity contribution is 0.187. The van der Waals surface area contributed by atoms with E-state index in [4.69, 9.17) is 4.52 Å². The number of aromatic nitrogens is 3. The van der Waals surface area contributed by atoms with E-state index in [1.54, 1.807) is 6.20 Å². The van der Waals surface area contributed by atoms with Gasteiger partial charge in [0, 0.05) is 18.7 Å². The van der Waals surface area contributed by atoms with Crippen molar-refractivity contribution in [2.45, 2.75) is 25.3 Å². The highest BCUT2D eigenvalue weighted by Crippen LogP contribution is 2.29. The molecule has 0 spiro atoms. The molecular formula is C26H23N5O. The smallest absolute Gasteiger partial charge is 0.230 e. The fourth-order valence-electron chi connectivity index (χ4n) is 4.22. The second-order valence-corrected chi connectivity index (χ2v) is 8.08. The molecule has 2 aromatic heterocycles. The van der Waals surface area contributed by atoms with E-state index in [1.165, 1.54) is 5.56 Å². The number of nitriles is 1. The van der Waals surface area contributed by atoms with Gasteiger partial charge >= 0.3 is 0 Å². The molecule has 0 amide bonds. The molecule has 3 heterocycles. The fraction of sp³-hybridized carbons (Fsp3) is 0.231. The van der Waals surface area contributed by atoms with E-state index in [-0.39, 0.29) is 0 Å². The minimum atomic E-state index is 0.293. The molecule has 32 heavy (non-hydrogen) atoms. The second kappa shape index (κ2) is 9.13. The quantitative estimate of drug-likeness (QED) is 0.449. The lowest BCUT2D eigenvalue weighted by atomic mass is 9.96. The summed E-state index contributed by atoms with van der Waals surface area (Å²) in [5.74, 6) is 1.56. The number of nitrogens with zero attached hydrogens (tertiary/aromatic N) is 5. The molecule has 0 N–H and O–H groups in total. The van der Waals surface area contributed by atoms with Gasteiger partial charge in [-0.3, -0.25) is 9.88 Å². The molecule has 0 unspecified atom stereocenters. The molecule has 4 aromatic rings. The maximum atomic E-state index is 9.34. The van der Waals surface area contributed by atoms with Crippen LogP contribution < -0.4 is 0 Å². The maximum Gasteiger partial charge on any atom is 0.230 e. The number of pyridine rings is 1. The van der Waals surface area contributed by atoms with Crippen molar-refractivity contribution in [3.63, 3.8) is 0 Å². The Kier molecular flexibility index (Phi) is 5.73. The van der Waals surface area contributed by atoms with Crippen LogP contribution in [-0.2, 0) is 6.54 Å². The SMILES string of the molecule is N#Cc1ccccc1-c1ccc(CN2CCC(c3nc(-c4ccccn4)no3)CC2)cc1. The molecule has 158 valence electrons. The molecule has 1 saturated heterocycles. The lowest BCUT2D eigenvalue weighted by Gasteiger charge is -2.30. The Hall–Kier alpha value is -3.82. The number of hydrogen-bond donors (Lipinski definition) is 0. The molecule has 0 aliphatic carbocycles. The third kappa shape index (κ3) is 4.29. The molecule has 1 aliphatic rings. The van der Waals surface area contributed by atoms with Crippen molar-refractivity contribution in [3.05, 3.63) is 89.9 Å². The van der Waals surface area contributed by atoms with Gasteiger partial charge in [-0.15, -0.1) is 0 Å². The van der Waals surface area contributed by atoms with Crippen molar-refractivity contribution in [2.24, 2.45) is 0 Å². The zero-order chi connectivity index (χ0) is 21.8. The van der Waals surface area contributed by atoms with Crippen LogP contribution in [0.15, 0.2) is 77.4 Å². The van der Waals surface area contributed by atoms with Gasteiger partial charge in [0.1, 0.15) is 5.69 Å². The molecule has 1 fully saturated rings. The molecule has 1 aliphatic heterocycles. The van der Waals surface area contributed by atoms with Crippen molar-refractivity contribution in [3.8, 4) is 28.7 Å². The standard InChI is InChI=1S/C26H23N5O/c27-17-22-5-1-2-6-23(22)20-10-8-19(9-11-20)18-31-15-12-21(13-16-31)26-29-25(30-32-26)24-7-3-4-14-28-24/h1-11,14,21H,12-13,15-16,18H2. The fourth-order valence-corrected chi connectivity index (χ4v) is 4.22. The van der Waals surface area contributed by atoms with Crippen LogP contribution in [0.3, 0.4) is 0 Å². The summed E-state index contributed by atoms with van der Waals surface area (Å²) in [7, 11) is 0. The van der Waals surface area contributed by atoms with Crippen LogP contribution in [-0.4, -0.2) is 33.1 Å². The highest BCUT2D eigenvalue weighted by molar-refractivity contribution is 5.70.